The quantitative estimate of drug-likeness (QED) is 0.856. The first-order chi connectivity index (χ1) is 11.8. The van der Waals surface area contributed by atoms with Crippen molar-refractivity contribution in [2.45, 2.75) is 38.0 Å². The van der Waals surface area contributed by atoms with Crippen molar-refractivity contribution >= 4 is 11.0 Å². The van der Waals surface area contributed by atoms with Crippen LogP contribution in [-0.2, 0) is 0 Å². The fourth-order valence-corrected chi connectivity index (χ4v) is 4.12. The van der Waals surface area contributed by atoms with Crippen molar-refractivity contribution in [3.05, 3.63) is 29.7 Å². The molecule has 2 fully saturated rings. The van der Waals surface area contributed by atoms with Gasteiger partial charge in [0.15, 0.2) is 5.58 Å². The van der Waals surface area contributed by atoms with Crippen LogP contribution in [-0.4, -0.2) is 54.2 Å². The first-order valence-electron chi connectivity index (χ1n) is 9.29. The molecule has 3 heterocycles. The molecule has 0 saturated carbocycles. The Kier molecular flexibility index (Phi) is 4.81. The smallest absolute Gasteiger partial charge is 0.170 e. The van der Waals surface area contributed by atoms with Crippen LogP contribution >= 0.6 is 0 Å². The van der Waals surface area contributed by atoms with Crippen LogP contribution in [0.1, 0.15) is 43.7 Å². The van der Waals surface area contributed by atoms with Crippen LogP contribution in [0.2, 0.25) is 0 Å². The maximum Gasteiger partial charge on any atom is 0.170 e. The third-order valence-corrected chi connectivity index (χ3v) is 5.62. The lowest BCUT2D eigenvalue weighted by Gasteiger charge is -2.34. The summed E-state index contributed by atoms with van der Waals surface area (Å²) in [5.41, 5.74) is 1.58. The number of aromatic nitrogens is 1. The van der Waals surface area contributed by atoms with Gasteiger partial charge in [-0.2, -0.15) is 0 Å². The monoisotopic (exact) mass is 331 g/mol. The summed E-state index contributed by atoms with van der Waals surface area (Å²) in [6, 6.07) is 4.73. The van der Waals surface area contributed by atoms with Gasteiger partial charge in [0.1, 0.15) is 5.82 Å². The van der Waals surface area contributed by atoms with E-state index in [1.54, 1.807) is 6.07 Å². The molecule has 1 aromatic heterocycles. The van der Waals surface area contributed by atoms with Crippen LogP contribution < -0.4 is 0 Å². The molecule has 5 heteroatoms. The molecule has 24 heavy (non-hydrogen) atoms. The van der Waals surface area contributed by atoms with Crippen molar-refractivity contribution in [3.8, 4) is 0 Å². The Hall–Kier alpha value is -1.46. The van der Waals surface area contributed by atoms with E-state index in [9.17, 15) is 4.39 Å². The zero-order valence-electron chi connectivity index (χ0n) is 14.2. The van der Waals surface area contributed by atoms with Gasteiger partial charge in [0.25, 0.3) is 0 Å². The van der Waals surface area contributed by atoms with Gasteiger partial charge in [-0.1, -0.05) is 11.6 Å². The van der Waals surface area contributed by atoms with E-state index in [0.717, 1.165) is 37.0 Å². The number of hydrogen-bond donors (Lipinski definition) is 0. The predicted octanol–water partition coefficient (Wildman–Crippen LogP) is 3.63. The van der Waals surface area contributed by atoms with Crippen LogP contribution in [0.3, 0.4) is 0 Å². The molecule has 0 N–H and O–H groups in total. The molecule has 0 bridgehead atoms. The van der Waals surface area contributed by atoms with Gasteiger partial charge in [0.05, 0.1) is 5.69 Å². The third-order valence-electron chi connectivity index (χ3n) is 5.62. The second kappa shape index (κ2) is 7.19. The van der Waals surface area contributed by atoms with E-state index in [1.165, 1.54) is 57.6 Å². The van der Waals surface area contributed by atoms with Crippen LogP contribution in [0.25, 0.3) is 11.0 Å². The van der Waals surface area contributed by atoms with Gasteiger partial charge >= 0.3 is 0 Å². The van der Waals surface area contributed by atoms with Gasteiger partial charge in [-0.25, -0.2) is 4.39 Å². The first kappa shape index (κ1) is 16.0. The highest BCUT2D eigenvalue weighted by Gasteiger charge is 2.25. The molecule has 0 atom stereocenters. The summed E-state index contributed by atoms with van der Waals surface area (Å²) in [4.78, 5) is 5.18. The summed E-state index contributed by atoms with van der Waals surface area (Å²) < 4.78 is 18.6. The Balaban J connectivity index is 1.32. The molecule has 130 valence electrons. The number of hydrogen-bond acceptors (Lipinski definition) is 4. The third kappa shape index (κ3) is 3.47. The number of piperidine rings is 2. The standard InChI is InChI=1S/C19H26FN3O/c20-16-4-5-17-18(14-16)24-21-19(17)15-6-10-23(11-7-15)13-12-22-8-2-1-3-9-22/h4-5,14-15H,1-3,6-13H2. The molecule has 0 amide bonds. The molecule has 4 nitrogen and oxygen atoms in total. The minimum atomic E-state index is -0.266. The Morgan fingerprint density at radius 2 is 1.71 bits per heavy atom. The number of halogens is 1. The molecule has 2 saturated heterocycles. The van der Waals surface area contributed by atoms with E-state index in [-0.39, 0.29) is 5.82 Å². The minimum absolute atomic E-state index is 0.266. The molecule has 0 radical (unpaired) electrons. The molecule has 1 aromatic carbocycles. The lowest BCUT2D eigenvalue weighted by molar-refractivity contribution is 0.158. The second-order valence-corrected chi connectivity index (χ2v) is 7.23. The molecule has 4 rings (SSSR count). The van der Waals surface area contributed by atoms with E-state index in [4.69, 9.17) is 4.52 Å². The molecule has 0 unspecified atom stereocenters. The van der Waals surface area contributed by atoms with Crippen molar-refractivity contribution in [3.63, 3.8) is 0 Å². The number of benzene rings is 1. The summed E-state index contributed by atoms with van der Waals surface area (Å²) >= 11 is 0. The van der Waals surface area contributed by atoms with Crippen molar-refractivity contribution in [1.82, 2.24) is 15.0 Å². The van der Waals surface area contributed by atoms with Gasteiger partial charge in [-0.05, 0) is 64.0 Å². The minimum Gasteiger partial charge on any atom is -0.356 e. The molecular formula is C19H26FN3O. The van der Waals surface area contributed by atoms with Gasteiger partial charge in [0, 0.05) is 30.5 Å². The number of nitrogens with zero attached hydrogens (tertiary/aromatic N) is 3. The topological polar surface area (TPSA) is 32.5 Å². The lowest BCUT2D eigenvalue weighted by Crippen LogP contribution is -2.40. The van der Waals surface area contributed by atoms with E-state index >= 15 is 0 Å². The van der Waals surface area contributed by atoms with Crippen LogP contribution in [0.5, 0.6) is 0 Å². The summed E-state index contributed by atoms with van der Waals surface area (Å²) in [5, 5.41) is 5.21. The fraction of sp³-hybridized carbons (Fsp3) is 0.632. The van der Waals surface area contributed by atoms with E-state index in [0.29, 0.717) is 11.5 Å². The average molecular weight is 331 g/mol. The normalized spacial score (nSPS) is 21.5. The van der Waals surface area contributed by atoms with Crippen LogP contribution in [0, 0.1) is 5.82 Å². The predicted molar refractivity (Wildman–Crippen MR) is 92.7 cm³/mol. The Bertz CT molecular complexity index is 672. The van der Waals surface area contributed by atoms with E-state index < -0.39 is 0 Å². The maximum absolute atomic E-state index is 13.3. The fourth-order valence-electron chi connectivity index (χ4n) is 4.12. The molecule has 2 aliphatic heterocycles. The van der Waals surface area contributed by atoms with E-state index in [1.807, 2.05) is 0 Å². The van der Waals surface area contributed by atoms with Gasteiger partial charge in [-0.3, -0.25) is 0 Å². The lowest BCUT2D eigenvalue weighted by atomic mass is 9.91. The van der Waals surface area contributed by atoms with Crippen LogP contribution in [0.4, 0.5) is 4.39 Å². The first-order valence-corrected chi connectivity index (χ1v) is 9.29. The zero-order valence-corrected chi connectivity index (χ0v) is 14.2. The second-order valence-electron chi connectivity index (χ2n) is 7.23. The summed E-state index contributed by atoms with van der Waals surface area (Å²) in [6.45, 7) is 7.17. The van der Waals surface area contributed by atoms with Gasteiger partial charge in [0.2, 0.25) is 0 Å². The SMILES string of the molecule is Fc1ccc2c(C3CCN(CCN4CCCCC4)CC3)noc2c1. The average Bonchev–Trinajstić information content (AvgIpc) is 3.04. The van der Waals surface area contributed by atoms with Crippen molar-refractivity contribution in [1.29, 1.82) is 0 Å². The Morgan fingerprint density at radius 3 is 2.46 bits per heavy atom. The van der Waals surface area contributed by atoms with Crippen molar-refractivity contribution in [2.24, 2.45) is 0 Å². The summed E-state index contributed by atoms with van der Waals surface area (Å²) in [7, 11) is 0. The van der Waals surface area contributed by atoms with E-state index in [2.05, 4.69) is 15.0 Å². The molecule has 0 aliphatic carbocycles. The molecule has 2 aromatic rings. The highest BCUT2D eigenvalue weighted by Crippen LogP contribution is 2.32. The Morgan fingerprint density at radius 1 is 1.00 bits per heavy atom. The van der Waals surface area contributed by atoms with Gasteiger partial charge < -0.3 is 14.3 Å². The molecule has 2 aliphatic rings. The zero-order chi connectivity index (χ0) is 16.4. The highest BCUT2D eigenvalue weighted by molar-refractivity contribution is 5.79. The largest absolute Gasteiger partial charge is 0.356 e. The Labute approximate surface area is 142 Å². The number of likely N-dealkylation sites (tertiary alicyclic amines) is 2. The maximum atomic E-state index is 13.3. The van der Waals surface area contributed by atoms with Gasteiger partial charge in [-0.15, -0.1) is 0 Å². The summed E-state index contributed by atoms with van der Waals surface area (Å²) in [6.07, 6.45) is 6.35. The number of fused-ring (bicyclic) bond motifs is 1. The highest BCUT2D eigenvalue weighted by atomic mass is 19.1. The summed E-state index contributed by atoms with van der Waals surface area (Å²) in [5.74, 6) is 0.167. The number of rotatable bonds is 4. The van der Waals surface area contributed by atoms with Crippen molar-refractivity contribution < 1.29 is 8.91 Å². The molecular weight excluding hydrogens is 305 g/mol. The van der Waals surface area contributed by atoms with Crippen molar-refractivity contribution in [2.75, 3.05) is 39.3 Å². The molecule has 0 spiro atoms. The van der Waals surface area contributed by atoms with Crippen LogP contribution in [0.15, 0.2) is 22.7 Å².